The highest BCUT2D eigenvalue weighted by molar-refractivity contribution is 7.91. The molecular formula is C18H16Cl2N2O3S2. The van der Waals surface area contributed by atoms with E-state index >= 15 is 0 Å². The molecule has 142 valence electrons. The molecule has 0 unspecified atom stereocenters. The third-order valence-corrected chi connectivity index (χ3v) is 7.32. The van der Waals surface area contributed by atoms with Gasteiger partial charge in [-0.25, -0.2) is 8.42 Å². The van der Waals surface area contributed by atoms with Gasteiger partial charge in [0.05, 0.1) is 25.9 Å². The first-order valence-corrected chi connectivity index (χ1v) is 11.2. The smallest absolute Gasteiger partial charge is 0.249 e. The Labute approximate surface area is 170 Å². The summed E-state index contributed by atoms with van der Waals surface area (Å²) in [5.74, 6) is -0.797. The minimum Gasteiger partial charge on any atom is -0.318 e. The van der Waals surface area contributed by atoms with Crippen molar-refractivity contribution < 1.29 is 13.2 Å². The average molecular weight is 443 g/mol. The molecule has 1 aromatic heterocycles. The molecule has 0 fully saturated rings. The van der Waals surface area contributed by atoms with Crippen LogP contribution in [0.5, 0.6) is 0 Å². The number of fused-ring (bicyclic) bond motifs is 1. The maximum absolute atomic E-state index is 12.4. The number of benzene rings is 2. The van der Waals surface area contributed by atoms with Gasteiger partial charge in [-0.15, -0.1) is 0 Å². The Kier molecular flexibility index (Phi) is 5.76. The van der Waals surface area contributed by atoms with E-state index in [-0.39, 0.29) is 17.1 Å². The van der Waals surface area contributed by atoms with Gasteiger partial charge < -0.3 is 4.57 Å². The molecule has 27 heavy (non-hydrogen) atoms. The van der Waals surface area contributed by atoms with E-state index < -0.39 is 15.7 Å². The standard InChI is InChI=1S/C18H16Cl2N2O3S2/c1-11-3-5-13(6-4-11)27(24,25)8-7-16(23)21-18-22(2)17-14(20)9-12(19)10-15(17)26-18/h3-6,9-10H,7-8H2,1-2H3. The number of rotatable bonds is 4. The van der Waals surface area contributed by atoms with Gasteiger partial charge in [0.1, 0.15) is 0 Å². The van der Waals surface area contributed by atoms with E-state index in [1.807, 2.05) is 6.92 Å². The van der Waals surface area contributed by atoms with Crippen molar-refractivity contribution in [3.05, 3.63) is 56.8 Å². The molecular weight excluding hydrogens is 427 g/mol. The Hall–Kier alpha value is -1.67. The monoisotopic (exact) mass is 442 g/mol. The molecule has 0 saturated heterocycles. The SMILES string of the molecule is Cc1ccc(S(=O)(=O)CCC(=O)N=c2sc3cc(Cl)cc(Cl)c3n2C)cc1. The van der Waals surface area contributed by atoms with Crippen LogP contribution >= 0.6 is 34.5 Å². The fraction of sp³-hybridized carbons (Fsp3) is 0.222. The topological polar surface area (TPSA) is 68.5 Å². The van der Waals surface area contributed by atoms with E-state index in [1.165, 1.54) is 11.3 Å². The number of aromatic nitrogens is 1. The van der Waals surface area contributed by atoms with Gasteiger partial charge >= 0.3 is 0 Å². The summed E-state index contributed by atoms with van der Waals surface area (Å²) in [7, 11) is -1.79. The zero-order chi connectivity index (χ0) is 19.8. The summed E-state index contributed by atoms with van der Waals surface area (Å²) >= 11 is 13.5. The van der Waals surface area contributed by atoms with Crippen LogP contribution in [0.4, 0.5) is 0 Å². The Morgan fingerprint density at radius 3 is 2.52 bits per heavy atom. The fourth-order valence-electron chi connectivity index (χ4n) is 2.55. The number of carbonyl (C=O) groups is 1. The molecule has 0 atom stereocenters. The number of hydrogen-bond acceptors (Lipinski definition) is 4. The molecule has 0 radical (unpaired) electrons. The molecule has 1 heterocycles. The van der Waals surface area contributed by atoms with Gasteiger partial charge in [-0.3, -0.25) is 4.79 Å². The Balaban J connectivity index is 1.83. The molecule has 9 heteroatoms. The molecule has 1 amide bonds. The number of aryl methyl sites for hydroxylation is 2. The zero-order valence-corrected chi connectivity index (χ0v) is 17.7. The molecule has 0 bridgehead atoms. The summed E-state index contributed by atoms with van der Waals surface area (Å²) in [6.07, 6.45) is -0.195. The zero-order valence-electron chi connectivity index (χ0n) is 14.6. The first-order valence-electron chi connectivity index (χ1n) is 7.99. The molecule has 0 saturated carbocycles. The van der Waals surface area contributed by atoms with Gasteiger partial charge in [0.15, 0.2) is 14.6 Å². The number of halogens is 2. The maximum Gasteiger partial charge on any atom is 0.249 e. The highest BCUT2D eigenvalue weighted by atomic mass is 35.5. The van der Waals surface area contributed by atoms with Crippen molar-refractivity contribution in [2.75, 3.05) is 5.75 Å². The van der Waals surface area contributed by atoms with Crippen LogP contribution in [0.2, 0.25) is 10.0 Å². The molecule has 2 aromatic carbocycles. The van der Waals surface area contributed by atoms with Crippen LogP contribution in [0, 0.1) is 6.92 Å². The third-order valence-electron chi connectivity index (χ3n) is 4.00. The van der Waals surface area contributed by atoms with Gasteiger partial charge in [0.2, 0.25) is 5.91 Å². The van der Waals surface area contributed by atoms with Crippen molar-refractivity contribution in [3.8, 4) is 0 Å². The fourth-order valence-corrected chi connectivity index (χ4v) is 5.63. The van der Waals surface area contributed by atoms with Crippen LogP contribution in [0.15, 0.2) is 46.3 Å². The lowest BCUT2D eigenvalue weighted by atomic mass is 10.2. The lowest BCUT2D eigenvalue weighted by Gasteiger charge is -2.03. The molecule has 0 aliphatic carbocycles. The van der Waals surface area contributed by atoms with E-state index in [1.54, 1.807) is 48.0 Å². The predicted octanol–water partition coefficient (Wildman–Crippen LogP) is 4.15. The second-order valence-electron chi connectivity index (χ2n) is 6.07. The van der Waals surface area contributed by atoms with Gasteiger partial charge in [-0.1, -0.05) is 52.2 Å². The summed E-state index contributed by atoms with van der Waals surface area (Å²) in [6.45, 7) is 1.88. The molecule has 5 nitrogen and oxygen atoms in total. The summed E-state index contributed by atoms with van der Waals surface area (Å²) in [5, 5.41) is 0.962. The van der Waals surface area contributed by atoms with E-state index in [4.69, 9.17) is 23.2 Å². The van der Waals surface area contributed by atoms with Gasteiger partial charge in [-0.2, -0.15) is 4.99 Å². The lowest BCUT2D eigenvalue weighted by molar-refractivity contribution is -0.117. The van der Waals surface area contributed by atoms with Crippen LogP contribution < -0.4 is 4.80 Å². The highest BCUT2D eigenvalue weighted by Gasteiger charge is 2.16. The minimum atomic E-state index is -3.53. The number of nitrogens with zero attached hydrogens (tertiary/aromatic N) is 2. The molecule has 3 aromatic rings. The molecule has 0 aliphatic heterocycles. The second-order valence-corrected chi connectivity index (χ2v) is 10.0. The van der Waals surface area contributed by atoms with Crippen LogP contribution in [0.25, 0.3) is 10.2 Å². The van der Waals surface area contributed by atoms with Crippen molar-refractivity contribution in [1.82, 2.24) is 4.57 Å². The van der Waals surface area contributed by atoms with Crippen molar-refractivity contribution in [2.45, 2.75) is 18.2 Å². The Morgan fingerprint density at radius 2 is 1.85 bits per heavy atom. The van der Waals surface area contributed by atoms with E-state index in [0.717, 1.165) is 15.8 Å². The van der Waals surface area contributed by atoms with E-state index in [2.05, 4.69) is 4.99 Å². The molecule has 0 aliphatic rings. The lowest BCUT2D eigenvalue weighted by Crippen LogP contribution is -2.16. The number of thiazole rings is 1. The van der Waals surface area contributed by atoms with Crippen LogP contribution in [-0.2, 0) is 21.7 Å². The van der Waals surface area contributed by atoms with Crippen molar-refractivity contribution in [3.63, 3.8) is 0 Å². The highest BCUT2D eigenvalue weighted by Crippen LogP contribution is 2.29. The summed E-state index contributed by atoms with van der Waals surface area (Å²) < 4.78 is 27.2. The molecule has 3 rings (SSSR count). The minimum absolute atomic E-state index is 0.195. The van der Waals surface area contributed by atoms with Crippen LogP contribution in [0.3, 0.4) is 0 Å². The Morgan fingerprint density at radius 1 is 1.19 bits per heavy atom. The normalized spacial score (nSPS) is 12.7. The third kappa shape index (κ3) is 4.43. The van der Waals surface area contributed by atoms with Crippen LogP contribution in [-0.4, -0.2) is 24.6 Å². The van der Waals surface area contributed by atoms with E-state index in [0.29, 0.717) is 14.8 Å². The van der Waals surface area contributed by atoms with E-state index in [9.17, 15) is 13.2 Å². The average Bonchev–Trinajstić information content (AvgIpc) is 2.89. The maximum atomic E-state index is 12.4. The molecule has 0 spiro atoms. The van der Waals surface area contributed by atoms with Gasteiger partial charge in [-0.05, 0) is 31.2 Å². The Bertz CT molecular complexity index is 1190. The first kappa shape index (κ1) is 20.1. The van der Waals surface area contributed by atoms with Gasteiger partial charge in [0.25, 0.3) is 0 Å². The summed E-state index contributed by atoms with van der Waals surface area (Å²) in [4.78, 5) is 16.9. The number of carbonyl (C=O) groups excluding carboxylic acids is 1. The summed E-state index contributed by atoms with van der Waals surface area (Å²) in [6, 6.07) is 9.92. The van der Waals surface area contributed by atoms with Crippen molar-refractivity contribution in [1.29, 1.82) is 0 Å². The van der Waals surface area contributed by atoms with Gasteiger partial charge in [0, 0.05) is 18.5 Å². The largest absolute Gasteiger partial charge is 0.318 e. The quantitative estimate of drug-likeness (QED) is 0.609. The first-order chi connectivity index (χ1) is 12.7. The molecule has 0 N–H and O–H groups in total. The van der Waals surface area contributed by atoms with Crippen molar-refractivity contribution in [2.24, 2.45) is 12.0 Å². The number of hydrogen-bond donors (Lipinski definition) is 0. The van der Waals surface area contributed by atoms with Crippen LogP contribution in [0.1, 0.15) is 12.0 Å². The second kappa shape index (κ2) is 7.75. The number of amides is 1. The number of sulfone groups is 1. The summed E-state index contributed by atoms with van der Waals surface area (Å²) in [5.41, 5.74) is 1.70. The predicted molar refractivity (Wildman–Crippen MR) is 109 cm³/mol. The van der Waals surface area contributed by atoms with Crippen molar-refractivity contribution >= 4 is 60.5 Å².